The van der Waals surface area contributed by atoms with Crippen molar-refractivity contribution in [2.45, 2.75) is 19.8 Å². The van der Waals surface area contributed by atoms with Gasteiger partial charge in [0.05, 0.1) is 10.6 Å². The van der Waals surface area contributed by atoms with Crippen LogP contribution in [0.3, 0.4) is 0 Å². The lowest BCUT2D eigenvalue weighted by Gasteiger charge is -1.98. The highest BCUT2D eigenvalue weighted by molar-refractivity contribution is 7.13. The second-order valence-corrected chi connectivity index (χ2v) is 4.89. The van der Waals surface area contributed by atoms with E-state index in [9.17, 15) is 10.1 Å². The molecule has 0 atom stereocenters. The van der Waals surface area contributed by atoms with Crippen molar-refractivity contribution < 1.29 is 4.92 Å². The number of nitro groups is 1. The standard InChI is InChI=1S/C12H12N2O2S/c1-8(2)11-7-17-12(13-11)9-3-5-10(6-4-9)14(15)16/h3-8H,1-2H3. The molecule has 2 aromatic rings. The minimum absolute atomic E-state index is 0.106. The molecule has 0 bridgehead atoms. The summed E-state index contributed by atoms with van der Waals surface area (Å²) in [5.41, 5.74) is 2.09. The van der Waals surface area contributed by atoms with Crippen LogP contribution in [0.15, 0.2) is 29.6 Å². The number of hydrogen-bond donors (Lipinski definition) is 0. The Morgan fingerprint density at radius 1 is 1.29 bits per heavy atom. The number of non-ortho nitro benzene ring substituents is 1. The van der Waals surface area contributed by atoms with Crippen LogP contribution in [0.2, 0.25) is 0 Å². The Hall–Kier alpha value is -1.75. The first-order valence-corrected chi connectivity index (χ1v) is 6.16. The maximum Gasteiger partial charge on any atom is 0.269 e. The summed E-state index contributed by atoms with van der Waals surface area (Å²) in [6.07, 6.45) is 0. The number of nitrogens with zero attached hydrogens (tertiary/aromatic N) is 2. The van der Waals surface area contributed by atoms with Gasteiger partial charge in [0.1, 0.15) is 5.01 Å². The van der Waals surface area contributed by atoms with Crippen LogP contribution in [0.4, 0.5) is 5.69 Å². The molecule has 1 aromatic heterocycles. The van der Waals surface area contributed by atoms with Crippen molar-refractivity contribution in [1.29, 1.82) is 0 Å². The smallest absolute Gasteiger partial charge is 0.258 e. The van der Waals surface area contributed by atoms with Crippen LogP contribution in [-0.2, 0) is 0 Å². The van der Waals surface area contributed by atoms with Gasteiger partial charge >= 0.3 is 0 Å². The van der Waals surface area contributed by atoms with E-state index < -0.39 is 4.92 Å². The third kappa shape index (κ3) is 2.50. The molecular formula is C12H12N2O2S. The van der Waals surface area contributed by atoms with Crippen LogP contribution < -0.4 is 0 Å². The quantitative estimate of drug-likeness (QED) is 0.612. The first-order chi connectivity index (χ1) is 8.08. The number of hydrogen-bond acceptors (Lipinski definition) is 4. The SMILES string of the molecule is CC(C)c1csc(-c2ccc([N+](=O)[O-])cc2)n1. The van der Waals surface area contributed by atoms with Gasteiger partial charge in [-0.3, -0.25) is 10.1 Å². The Morgan fingerprint density at radius 3 is 2.41 bits per heavy atom. The minimum Gasteiger partial charge on any atom is -0.258 e. The van der Waals surface area contributed by atoms with E-state index in [1.807, 2.05) is 5.38 Å². The molecule has 0 N–H and O–H groups in total. The van der Waals surface area contributed by atoms with Gasteiger partial charge in [0.2, 0.25) is 0 Å². The lowest BCUT2D eigenvalue weighted by Crippen LogP contribution is -1.88. The Bertz CT molecular complexity index is 532. The summed E-state index contributed by atoms with van der Waals surface area (Å²) in [6.45, 7) is 4.18. The van der Waals surface area contributed by atoms with Crippen molar-refractivity contribution >= 4 is 17.0 Å². The van der Waals surface area contributed by atoms with Crippen LogP contribution >= 0.6 is 11.3 Å². The number of nitro benzene ring substituents is 1. The second kappa shape index (κ2) is 4.63. The molecule has 4 nitrogen and oxygen atoms in total. The Labute approximate surface area is 103 Å². The Kier molecular flexibility index (Phi) is 3.19. The van der Waals surface area contributed by atoms with Gasteiger partial charge in [0.25, 0.3) is 5.69 Å². The molecule has 0 aliphatic carbocycles. The van der Waals surface area contributed by atoms with Gasteiger partial charge in [0, 0.05) is 23.1 Å². The van der Waals surface area contributed by atoms with E-state index in [0.29, 0.717) is 5.92 Å². The van der Waals surface area contributed by atoms with E-state index >= 15 is 0 Å². The molecule has 1 heterocycles. The highest BCUT2D eigenvalue weighted by Gasteiger charge is 2.09. The molecule has 2 rings (SSSR count). The molecule has 1 aromatic carbocycles. The molecule has 0 unspecified atom stereocenters. The van der Waals surface area contributed by atoms with Crippen LogP contribution in [0.25, 0.3) is 10.6 Å². The van der Waals surface area contributed by atoms with Crippen LogP contribution in [0.5, 0.6) is 0 Å². The lowest BCUT2D eigenvalue weighted by molar-refractivity contribution is -0.384. The summed E-state index contributed by atoms with van der Waals surface area (Å²) in [6, 6.07) is 6.49. The van der Waals surface area contributed by atoms with Crippen molar-refractivity contribution in [3.63, 3.8) is 0 Å². The zero-order valence-corrected chi connectivity index (χ0v) is 10.4. The normalized spacial score (nSPS) is 10.8. The lowest BCUT2D eigenvalue weighted by atomic mass is 10.1. The topological polar surface area (TPSA) is 56.0 Å². The maximum atomic E-state index is 10.5. The molecular weight excluding hydrogens is 236 g/mol. The maximum absolute atomic E-state index is 10.5. The minimum atomic E-state index is -0.398. The van der Waals surface area contributed by atoms with E-state index in [2.05, 4.69) is 18.8 Å². The van der Waals surface area contributed by atoms with Crippen LogP contribution in [-0.4, -0.2) is 9.91 Å². The summed E-state index contributed by atoms with van der Waals surface area (Å²) in [7, 11) is 0. The van der Waals surface area contributed by atoms with Crippen LogP contribution in [0.1, 0.15) is 25.5 Å². The molecule has 0 amide bonds. The average molecular weight is 248 g/mol. The predicted octanol–water partition coefficient (Wildman–Crippen LogP) is 3.84. The van der Waals surface area contributed by atoms with Gasteiger partial charge < -0.3 is 0 Å². The van der Waals surface area contributed by atoms with E-state index in [-0.39, 0.29) is 5.69 Å². The molecule has 5 heteroatoms. The summed E-state index contributed by atoms with van der Waals surface area (Å²) in [5.74, 6) is 0.401. The molecule has 17 heavy (non-hydrogen) atoms. The van der Waals surface area contributed by atoms with Crippen LogP contribution in [0, 0.1) is 10.1 Å². The Balaban J connectivity index is 2.30. The van der Waals surface area contributed by atoms with E-state index in [0.717, 1.165) is 16.3 Å². The summed E-state index contributed by atoms with van der Waals surface area (Å²) < 4.78 is 0. The summed E-state index contributed by atoms with van der Waals surface area (Å²) in [4.78, 5) is 14.6. The van der Waals surface area contributed by atoms with Crippen molar-refractivity contribution in [1.82, 2.24) is 4.98 Å². The van der Waals surface area contributed by atoms with Gasteiger partial charge in [-0.2, -0.15) is 0 Å². The fraction of sp³-hybridized carbons (Fsp3) is 0.250. The largest absolute Gasteiger partial charge is 0.269 e. The summed E-state index contributed by atoms with van der Waals surface area (Å²) >= 11 is 1.56. The van der Waals surface area contributed by atoms with Gasteiger partial charge in [-0.15, -0.1) is 11.3 Å². The highest BCUT2D eigenvalue weighted by Crippen LogP contribution is 2.27. The molecule has 0 fully saturated rings. The van der Waals surface area contributed by atoms with Gasteiger partial charge in [-0.05, 0) is 18.1 Å². The van der Waals surface area contributed by atoms with Crippen molar-refractivity contribution in [3.8, 4) is 10.6 Å². The first-order valence-electron chi connectivity index (χ1n) is 5.28. The molecule has 88 valence electrons. The Morgan fingerprint density at radius 2 is 1.94 bits per heavy atom. The van der Waals surface area contributed by atoms with Crippen molar-refractivity contribution in [2.24, 2.45) is 0 Å². The molecule has 0 spiro atoms. The predicted molar refractivity (Wildman–Crippen MR) is 68.3 cm³/mol. The second-order valence-electron chi connectivity index (χ2n) is 4.04. The van der Waals surface area contributed by atoms with E-state index in [4.69, 9.17) is 0 Å². The third-order valence-electron chi connectivity index (χ3n) is 2.44. The third-order valence-corrected chi connectivity index (χ3v) is 3.35. The zero-order chi connectivity index (χ0) is 12.4. The first kappa shape index (κ1) is 11.7. The van der Waals surface area contributed by atoms with Gasteiger partial charge in [-0.1, -0.05) is 13.8 Å². The van der Waals surface area contributed by atoms with E-state index in [1.54, 1.807) is 23.5 Å². The fourth-order valence-electron chi connectivity index (χ4n) is 1.41. The van der Waals surface area contributed by atoms with Gasteiger partial charge in [0.15, 0.2) is 0 Å². The number of rotatable bonds is 3. The summed E-state index contributed by atoms with van der Waals surface area (Å²) in [5, 5.41) is 13.5. The van der Waals surface area contributed by atoms with Crippen molar-refractivity contribution in [3.05, 3.63) is 45.5 Å². The number of benzene rings is 1. The molecule has 0 radical (unpaired) electrons. The molecule has 0 saturated carbocycles. The fourth-order valence-corrected chi connectivity index (χ4v) is 2.40. The van der Waals surface area contributed by atoms with Gasteiger partial charge in [-0.25, -0.2) is 4.98 Å². The number of thiazole rings is 1. The molecule has 0 aliphatic rings. The van der Waals surface area contributed by atoms with E-state index in [1.165, 1.54) is 12.1 Å². The average Bonchev–Trinajstić information content (AvgIpc) is 2.78. The molecule has 0 saturated heterocycles. The number of aromatic nitrogens is 1. The monoisotopic (exact) mass is 248 g/mol. The van der Waals surface area contributed by atoms with Crippen molar-refractivity contribution in [2.75, 3.05) is 0 Å². The highest BCUT2D eigenvalue weighted by atomic mass is 32.1. The molecule has 0 aliphatic heterocycles. The zero-order valence-electron chi connectivity index (χ0n) is 9.58.